The van der Waals surface area contributed by atoms with Gasteiger partial charge in [-0.15, -0.1) is 0 Å². The fraction of sp³-hybridized carbons (Fsp3) is 0.190. The monoisotopic (exact) mass is 413 g/mol. The van der Waals surface area contributed by atoms with Crippen molar-refractivity contribution in [3.05, 3.63) is 74.7 Å². The van der Waals surface area contributed by atoms with Crippen molar-refractivity contribution in [2.75, 3.05) is 19.5 Å². The van der Waals surface area contributed by atoms with Crippen LogP contribution in [0.4, 0.5) is 5.69 Å². The predicted molar refractivity (Wildman–Crippen MR) is 112 cm³/mol. The summed E-state index contributed by atoms with van der Waals surface area (Å²) >= 11 is 5.93. The average molecular weight is 414 g/mol. The molecule has 0 aliphatic carbocycles. The van der Waals surface area contributed by atoms with E-state index in [0.29, 0.717) is 33.6 Å². The molecule has 0 saturated heterocycles. The van der Waals surface area contributed by atoms with E-state index in [1.54, 1.807) is 43.3 Å². The summed E-state index contributed by atoms with van der Waals surface area (Å²) in [5.74, 6) is 0.387. The minimum absolute atomic E-state index is 0.222. The molecular formula is C21H20ClN3O4. The summed E-state index contributed by atoms with van der Waals surface area (Å²) in [7, 11) is 3.04. The lowest BCUT2D eigenvalue weighted by Gasteiger charge is -2.14. The first-order valence-electron chi connectivity index (χ1n) is 8.75. The highest BCUT2D eigenvalue weighted by Crippen LogP contribution is 2.33. The number of ether oxygens (including phenoxy) is 2. The van der Waals surface area contributed by atoms with Crippen LogP contribution in [0.25, 0.3) is 5.69 Å². The van der Waals surface area contributed by atoms with E-state index in [2.05, 4.69) is 10.4 Å². The quantitative estimate of drug-likeness (QED) is 0.688. The number of methoxy groups -OCH3 is 2. The van der Waals surface area contributed by atoms with E-state index in [0.717, 1.165) is 5.56 Å². The summed E-state index contributed by atoms with van der Waals surface area (Å²) in [6.07, 6.45) is 0. The van der Waals surface area contributed by atoms with Crippen molar-refractivity contribution in [3.63, 3.8) is 0 Å². The Morgan fingerprint density at radius 1 is 1.03 bits per heavy atom. The predicted octanol–water partition coefficient (Wildman–Crippen LogP) is 3.77. The summed E-state index contributed by atoms with van der Waals surface area (Å²) in [5.41, 5.74) is 1.83. The minimum Gasteiger partial charge on any atom is -0.493 e. The van der Waals surface area contributed by atoms with E-state index >= 15 is 0 Å². The lowest BCUT2D eigenvalue weighted by atomic mass is 10.1. The molecule has 0 fully saturated rings. The standard InChI is InChI=1S/C21H20ClN3O4/c1-12-9-18(28-3)19(29-4)11-16(12)23-21(27)20-17(26)10-13(2)25(24-20)15-7-5-14(22)6-8-15/h5-11H,1-4H3,(H,23,27). The van der Waals surface area contributed by atoms with Crippen molar-refractivity contribution >= 4 is 23.2 Å². The molecule has 29 heavy (non-hydrogen) atoms. The number of rotatable bonds is 5. The Kier molecular flexibility index (Phi) is 5.89. The Hall–Kier alpha value is -3.32. The lowest BCUT2D eigenvalue weighted by molar-refractivity contribution is 0.101. The van der Waals surface area contributed by atoms with Crippen LogP contribution in [-0.2, 0) is 0 Å². The highest BCUT2D eigenvalue weighted by atomic mass is 35.5. The Labute approximate surface area is 172 Å². The number of nitrogens with zero attached hydrogens (tertiary/aromatic N) is 2. The SMILES string of the molecule is COc1cc(C)c(NC(=O)c2nn(-c3ccc(Cl)cc3)c(C)cc2=O)cc1OC. The fourth-order valence-corrected chi connectivity index (χ4v) is 2.97. The van der Waals surface area contributed by atoms with Crippen LogP contribution >= 0.6 is 11.6 Å². The Bertz CT molecular complexity index is 1120. The number of carbonyl (C=O) groups is 1. The first-order valence-corrected chi connectivity index (χ1v) is 9.12. The molecule has 1 aromatic heterocycles. The van der Waals surface area contributed by atoms with Gasteiger partial charge >= 0.3 is 0 Å². The number of benzene rings is 2. The normalized spacial score (nSPS) is 10.5. The van der Waals surface area contributed by atoms with Gasteiger partial charge in [0, 0.05) is 28.5 Å². The smallest absolute Gasteiger partial charge is 0.280 e. The van der Waals surface area contributed by atoms with Gasteiger partial charge in [-0.1, -0.05) is 11.6 Å². The molecule has 150 valence electrons. The molecule has 0 radical (unpaired) electrons. The van der Waals surface area contributed by atoms with Crippen LogP contribution in [0.2, 0.25) is 5.02 Å². The second kappa shape index (κ2) is 8.36. The number of amides is 1. The molecule has 0 atom stereocenters. The van der Waals surface area contributed by atoms with Crippen LogP contribution in [0.5, 0.6) is 11.5 Å². The molecule has 0 spiro atoms. The molecule has 0 saturated carbocycles. The van der Waals surface area contributed by atoms with Crippen LogP contribution in [-0.4, -0.2) is 29.9 Å². The van der Waals surface area contributed by atoms with Gasteiger partial charge in [0.25, 0.3) is 5.91 Å². The van der Waals surface area contributed by atoms with Crippen molar-refractivity contribution in [2.45, 2.75) is 13.8 Å². The first kappa shape index (κ1) is 20.4. The zero-order valence-electron chi connectivity index (χ0n) is 16.4. The van der Waals surface area contributed by atoms with Crippen LogP contribution in [0.3, 0.4) is 0 Å². The van der Waals surface area contributed by atoms with Gasteiger partial charge in [0.05, 0.1) is 19.9 Å². The van der Waals surface area contributed by atoms with E-state index in [1.165, 1.54) is 25.0 Å². The summed E-state index contributed by atoms with van der Waals surface area (Å²) in [5, 5.41) is 7.57. The van der Waals surface area contributed by atoms with Gasteiger partial charge in [-0.25, -0.2) is 4.68 Å². The number of carbonyl (C=O) groups excluding carboxylic acids is 1. The number of hydrogen-bond donors (Lipinski definition) is 1. The number of hydrogen-bond acceptors (Lipinski definition) is 5. The number of aromatic nitrogens is 2. The highest BCUT2D eigenvalue weighted by Gasteiger charge is 2.18. The average Bonchev–Trinajstić information content (AvgIpc) is 2.70. The van der Waals surface area contributed by atoms with E-state index < -0.39 is 11.3 Å². The van der Waals surface area contributed by atoms with E-state index in [-0.39, 0.29) is 5.69 Å². The van der Waals surface area contributed by atoms with Gasteiger partial charge in [0.2, 0.25) is 5.43 Å². The van der Waals surface area contributed by atoms with Gasteiger partial charge in [0.15, 0.2) is 17.2 Å². The number of anilines is 1. The Morgan fingerprint density at radius 2 is 1.66 bits per heavy atom. The van der Waals surface area contributed by atoms with Gasteiger partial charge in [0.1, 0.15) is 0 Å². The molecule has 7 nitrogen and oxygen atoms in total. The van der Waals surface area contributed by atoms with E-state index in [4.69, 9.17) is 21.1 Å². The topological polar surface area (TPSA) is 82.5 Å². The second-order valence-corrected chi connectivity index (χ2v) is 6.80. The molecule has 1 amide bonds. The molecule has 8 heteroatoms. The highest BCUT2D eigenvalue weighted by molar-refractivity contribution is 6.30. The van der Waals surface area contributed by atoms with Crippen molar-refractivity contribution in [1.29, 1.82) is 0 Å². The minimum atomic E-state index is -0.618. The molecular weight excluding hydrogens is 394 g/mol. The second-order valence-electron chi connectivity index (χ2n) is 6.36. The van der Waals surface area contributed by atoms with E-state index in [1.807, 2.05) is 6.92 Å². The van der Waals surface area contributed by atoms with Gasteiger partial charge in [-0.3, -0.25) is 9.59 Å². The molecule has 3 rings (SSSR count). The van der Waals surface area contributed by atoms with Gasteiger partial charge in [-0.05, 0) is 49.7 Å². The third-order valence-corrected chi connectivity index (χ3v) is 4.62. The van der Waals surface area contributed by atoms with Crippen LogP contribution in [0.15, 0.2) is 47.3 Å². The maximum absolute atomic E-state index is 12.8. The maximum atomic E-state index is 12.8. The molecule has 0 aliphatic rings. The molecule has 1 N–H and O–H groups in total. The van der Waals surface area contributed by atoms with Crippen molar-refractivity contribution in [1.82, 2.24) is 9.78 Å². The zero-order chi connectivity index (χ0) is 21.1. The molecule has 1 heterocycles. The third kappa shape index (κ3) is 4.25. The first-order chi connectivity index (χ1) is 13.8. The van der Waals surface area contributed by atoms with Gasteiger partial charge < -0.3 is 14.8 Å². The summed E-state index contributed by atoms with van der Waals surface area (Å²) in [4.78, 5) is 25.2. The maximum Gasteiger partial charge on any atom is 0.280 e. The molecule has 0 aliphatic heterocycles. The largest absolute Gasteiger partial charge is 0.493 e. The number of halogens is 1. The molecule has 0 bridgehead atoms. The zero-order valence-corrected chi connectivity index (χ0v) is 17.2. The fourth-order valence-electron chi connectivity index (χ4n) is 2.85. The third-order valence-electron chi connectivity index (χ3n) is 4.37. The number of nitrogens with one attached hydrogen (secondary N) is 1. The molecule has 0 unspecified atom stereocenters. The van der Waals surface area contributed by atoms with Crippen LogP contribution < -0.4 is 20.2 Å². The van der Waals surface area contributed by atoms with Crippen LogP contribution in [0, 0.1) is 13.8 Å². The summed E-state index contributed by atoms with van der Waals surface area (Å²) in [6.45, 7) is 3.55. The summed E-state index contributed by atoms with van der Waals surface area (Å²) < 4.78 is 12.1. The van der Waals surface area contributed by atoms with Crippen LogP contribution in [0.1, 0.15) is 21.7 Å². The van der Waals surface area contributed by atoms with Crippen molar-refractivity contribution < 1.29 is 14.3 Å². The van der Waals surface area contributed by atoms with Crippen molar-refractivity contribution in [3.8, 4) is 17.2 Å². The Morgan fingerprint density at radius 3 is 2.28 bits per heavy atom. The van der Waals surface area contributed by atoms with E-state index in [9.17, 15) is 9.59 Å². The van der Waals surface area contributed by atoms with Crippen molar-refractivity contribution in [2.24, 2.45) is 0 Å². The Balaban J connectivity index is 1.99. The summed E-state index contributed by atoms with van der Waals surface area (Å²) in [6, 6.07) is 11.7. The molecule has 2 aromatic carbocycles. The number of aryl methyl sites for hydroxylation is 2. The van der Waals surface area contributed by atoms with Gasteiger partial charge in [-0.2, -0.15) is 5.10 Å². The molecule has 3 aromatic rings. The lowest BCUT2D eigenvalue weighted by Crippen LogP contribution is -2.27.